The van der Waals surface area contributed by atoms with Crippen molar-refractivity contribution in [3.63, 3.8) is 0 Å². The van der Waals surface area contributed by atoms with Crippen molar-refractivity contribution in [1.82, 2.24) is 19.9 Å². The number of nitrogen functional groups attached to an aromatic ring is 1. The van der Waals surface area contributed by atoms with Crippen molar-refractivity contribution in [2.75, 3.05) is 5.73 Å². The molecule has 0 aliphatic rings. The van der Waals surface area contributed by atoms with Crippen molar-refractivity contribution in [3.05, 3.63) is 34.1 Å². The molecule has 17 heavy (non-hydrogen) atoms. The largest absolute Gasteiger partial charge is 0.368 e. The second kappa shape index (κ2) is 4.50. The van der Waals surface area contributed by atoms with Gasteiger partial charge in [0.05, 0.1) is 6.20 Å². The van der Waals surface area contributed by atoms with E-state index in [1.165, 1.54) is 6.07 Å². The van der Waals surface area contributed by atoms with Crippen LogP contribution >= 0.6 is 11.8 Å². The molecular formula is C9H8FN5OS. The molecule has 0 saturated heterocycles. The van der Waals surface area contributed by atoms with Gasteiger partial charge in [0.1, 0.15) is 5.03 Å². The molecule has 0 spiro atoms. The Bertz CT molecular complexity index is 615. The number of hydrogen-bond donors (Lipinski definition) is 2. The van der Waals surface area contributed by atoms with Gasteiger partial charge in [-0.2, -0.15) is 0 Å². The standard InChI is InChI=1S/C9H8FN5OS/c1-4-2-6(16)14-9(13-4)17-7-5(10)3-12-8(11)15-7/h2-3H,1H3,(H2,11,12,15)(H,13,14,16). The van der Waals surface area contributed by atoms with Gasteiger partial charge in [-0.05, 0) is 18.7 Å². The molecule has 0 saturated carbocycles. The summed E-state index contributed by atoms with van der Waals surface area (Å²) in [5, 5.41) is 0.276. The van der Waals surface area contributed by atoms with E-state index in [1.807, 2.05) is 0 Å². The fourth-order valence-corrected chi connectivity index (χ4v) is 1.94. The van der Waals surface area contributed by atoms with Crippen molar-refractivity contribution in [3.8, 4) is 0 Å². The number of halogens is 1. The number of rotatable bonds is 2. The summed E-state index contributed by atoms with van der Waals surface area (Å²) in [4.78, 5) is 24.9. The zero-order valence-corrected chi connectivity index (χ0v) is 9.58. The van der Waals surface area contributed by atoms with E-state index in [4.69, 9.17) is 5.73 Å². The number of H-pyrrole nitrogens is 1. The SMILES string of the molecule is Cc1cc(=O)[nH]c(Sc2nc(N)ncc2F)n1. The van der Waals surface area contributed by atoms with Gasteiger partial charge in [0.25, 0.3) is 5.56 Å². The van der Waals surface area contributed by atoms with Gasteiger partial charge in [0.15, 0.2) is 11.0 Å². The Hall–Kier alpha value is -1.96. The summed E-state index contributed by atoms with van der Waals surface area (Å²) in [5.41, 5.74) is 5.58. The highest BCUT2D eigenvalue weighted by Gasteiger charge is 2.09. The van der Waals surface area contributed by atoms with Crippen LogP contribution in [-0.4, -0.2) is 19.9 Å². The van der Waals surface area contributed by atoms with E-state index < -0.39 is 5.82 Å². The molecular weight excluding hydrogens is 245 g/mol. The number of anilines is 1. The molecule has 0 aromatic carbocycles. The van der Waals surface area contributed by atoms with E-state index in [1.54, 1.807) is 6.92 Å². The van der Waals surface area contributed by atoms with E-state index in [-0.39, 0.29) is 21.7 Å². The van der Waals surface area contributed by atoms with E-state index in [0.29, 0.717) is 5.69 Å². The predicted molar refractivity (Wildman–Crippen MR) is 60.1 cm³/mol. The first-order chi connectivity index (χ1) is 8.04. The molecule has 0 amide bonds. The zero-order valence-electron chi connectivity index (χ0n) is 8.77. The van der Waals surface area contributed by atoms with Gasteiger partial charge in [-0.3, -0.25) is 4.79 Å². The fourth-order valence-electron chi connectivity index (χ4n) is 1.13. The maximum atomic E-state index is 13.3. The lowest BCUT2D eigenvalue weighted by molar-refractivity contribution is 0.580. The van der Waals surface area contributed by atoms with Gasteiger partial charge in [-0.15, -0.1) is 0 Å². The Morgan fingerprint density at radius 2 is 2.24 bits per heavy atom. The number of nitrogens with two attached hydrogens (primary N) is 1. The molecule has 6 nitrogen and oxygen atoms in total. The number of nitrogens with one attached hydrogen (secondary N) is 1. The molecule has 0 aliphatic carbocycles. The monoisotopic (exact) mass is 253 g/mol. The zero-order chi connectivity index (χ0) is 12.4. The summed E-state index contributed by atoms with van der Waals surface area (Å²) in [7, 11) is 0. The van der Waals surface area contributed by atoms with Crippen LogP contribution in [0.1, 0.15) is 5.69 Å². The summed E-state index contributed by atoms with van der Waals surface area (Å²) in [6.45, 7) is 1.67. The minimum atomic E-state index is -0.617. The van der Waals surface area contributed by atoms with Gasteiger partial charge >= 0.3 is 0 Å². The number of nitrogens with zero attached hydrogens (tertiary/aromatic N) is 3. The lowest BCUT2D eigenvalue weighted by atomic mass is 10.5. The van der Waals surface area contributed by atoms with Gasteiger partial charge in [0, 0.05) is 11.8 Å². The highest BCUT2D eigenvalue weighted by Crippen LogP contribution is 2.24. The van der Waals surface area contributed by atoms with Crippen LogP contribution in [0.15, 0.2) is 27.2 Å². The van der Waals surface area contributed by atoms with Crippen LogP contribution in [0.2, 0.25) is 0 Å². The normalized spacial score (nSPS) is 10.5. The van der Waals surface area contributed by atoms with Crippen molar-refractivity contribution in [1.29, 1.82) is 0 Å². The highest BCUT2D eigenvalue weighted by atomic mass is 32.2. The molecule has 0 radical (unpaired) electrons. The molecule has 0 atom stereocenters. The Balaban J connectivity index is 2.37. The van der Waals surface area contributed by atoms with Gasteiger partial charge in [-0.1, -0.05) is 0 Å². The molecule has 2 rings (SSSR count). The van der Waals surface area contributed by atoms with Gasteiger partial charge in [-0.25, -0.2) is 19.3 Å². The van der Waals surface area contributed by atoms with E-state index in [0.717, 1.165) is 18.0 Å². The van der Waals surface area contributed by atoms with Crippen LogP contribution < -0.4 is 11.3 Å². The first kappa shape index (κ1) is 11.5. The molecule has 0 unspecified atom stereocenters. The molecule has 0 bridgehead atoms. The van der Waals surface area contributed by atoms with Gasteiger partial charge < -0.3 is 10.7 Å². The van der Waals surface area contributed by atoms with E-state index in [2.05, 4.69) is 19.9 Å². The second-order valence-corrected chi connectivity index (χ2v) is 4.15. The highest BCUT2D eigenvalue weighted by molar-refractivity contribution is 7.99. The van der Waals surface area contributed by atoms with E-state index >= 15 is 0 Å². The first-order valence-electron chi connectivity index (χ1n) is 4.58. The third-order valence-corrected chi connectivity index (χ3v) is 2.64. The molecule has 3 N–H and O–H groups in total. The van der Waals surface area contributed by atoms with Crippen molar-refractivity contribution >= 4 is 17.7 Å². The number of aromatic nitrogens is 4. The number of aromatic amines is 1. The molecule has 2 aromatic rings. The van der Waals surface area contributed by atoms with E-state index in [9.17, 15) is 9.18 Å². The summed E-state index contributed by atoms with van der Waals surface area (Å²) in [5.74, 6) is -0.655. The van der Waals surface area contributed by atoms with Crippen LogP contribution in [0, 0.1) is 12.7 Å². The van der Waals surface area contributed by atoms with Crippen LogP contribution in [0.25, 0.3) is 0 Å². The molecule has 2 heterocycles. The summed E-state index contributed by atoms with van der Waals surface area (Å²) in [6.07, 6.45) is 0.971. The maximum absolute atomic E-state index is 13.3. The first-order valence-corrected chi connectivity index (χ1v) is 5.40. The molecule has 2 aromatic heterocycles. The third-order valence-electron chi connectivity index (χ3n) is 1.77. The topological polar surface area (TPSA) is 97.5 Å². The maximum Gasteiger partial charge on any atom is 0.251 e. The lowest BCUT2D eigenvalue weighted by Gasteiger charge is -2.02. The summed E-state index contributed by atoms with van der Waals surface area (Å²) in [6, 6.07) is 1.34. The minimum absolute atomic E-state index is 0.0197. The molecule has 88 valence electrons. The Morgan fingerprint density at radius 1 is 1.47 bits per heavy atom. The summed E-state index contributed by atoms with van der Waals surface area (Å²) >= 11 is 0.884. The van der Waals surface area contributed by atoms with Gasteiger partial charge in [0.2, 0.25) is 5.95 Å². The Kier molecular flexibility index (Phi) is 3.05. The fraction of sp³-hybridized carbons (Fsp3) is 0.111. The average molecular weight is 253 g/mol. The van der Waals surface area contributed by atoms with Crippen molar-refractivity contribution in [2.24, 2.45) is 0 Å². The van der Waals surface area contributed by atoms with Crippen molar-refractivity contribution in [2.45, 2.75) is 17.1 Å². The van der Waals surface area contributed by atoms with Crippen LogP contribution in [0.5, 0.6) is 0 Å². The number of hydrogen-bond acceptors (Lipinski definition) is 6. The smallest absolute Gasteiger partial charge is 0.251 e. The van der Waals surface area contributed by atoms with Crippen molar-refractivity contribution < 1.29 is 4.39 Å². The average Bonchev–Trinajstić information content (AvgIpc) is 2.22. The van der Waals surface area contributed by atoms with Crippen LogP contribution in [0.4, 0.5) is 10.3 Å². The van der Waals surface area contributed by atoms with Crippen LogP contribution in [0.3, 0.4) is 0 Å². The third kappa shape index (κ3) is 2.78. The molecule has 0 fully saturated rings. The molecule has 0 aliphatic heterocycles. The predicted octanol–water partition coefficient (Wildman–Crippen LogP) is 0.741. The minimum Gasteiger partial charge on any atom is -0.368 e. The second-order valence-electron chi connectivity index (χ2n) is 3.18. The van der Waals surface area contributed by atoms with Crippen LogP contribution in [-0.2, 0) is 0 Å². The molecule has 8 heteroatoms. The quantitative estimate of drug-likeness (QED) is 0.605. The Labute approximate surface area is 99.5 Å². The Morgan fingerprint density at radius 3 is 2.94 bits per heavy atom. The number of aryl methyl sites for hydroxylation is 1. The summed E-state index contributed by atoms with van der Waals surface area (Å²) < 4.78 is 13.3. The lowest BCUT2D eigenvalue weighted by Crippen LogP contribution is -2.08.